The molecule has 0 saturated carbocycles. The topological polar surface area (TPSA) is 37.4 Å². The maximum absolute atomic E-state index is 10.8. The molecule has 0 aromatic rings. The van der Waals surface area contributed by atoms with Gasteiger partial charge in [-0.25, -0.2) is 6.29 Å². The van der Waals surface area contributed by atoms with E-state index in [4.69, 9.17) is 7.98 Å². The summed E-state index contributed by atoms with van der Waals surface area (Å²) < 4.78 is 0. The van der Waals surface area contributed by atoms with Crippen molar-refractivity contribution >= 4 is 20.2 Å². The summed E-state index contributed by atoms with van der Waals surface area (Å²) in [5, 5.41) is 0. The monoisotopic (exact) mass is 177 g/mol. The molecule has 0 aliphatic carbocycles. The van der Waals surface area contributed by atoms with Gasteiger partial charge in [0.15, 0.2) is 0 Å². The van der Waals surface area contributed by atoms with Gasteiger partial charge in [0.05, 0.1) is 0 Å². The van der Waals surface area contributed by atoms with Crippen LogP contribution in [0.15, 0.2) is 0 Å². The zero-order chi connectivity index (χ0) is 7.98. The summed E-state index contributed by atoms with van der Waals surface area (Å²) >= 11 is 0. The molecule has 0 unspecified atom stereocenters. The molecule has 11 heavy (non-hydrogen) atoms. The molecule has 0 aromatic heterocycles. The second-order valence-corrected chi connectivity index (χ2v) is 1.92. The summed E-state index contributed by atoms with van der Waals surface area (Å²) in [5.41, 5.74) is 0. The number of hydrogen-bond acceptors (Lipinski definition) is 2. The van der Waals surface area contributed by atoms with E-state index >= 15 is 0 Å². The Hall–Kier alpha value is 0.841. The van der Waals surface area contributed by atoms with E-state index in [9.17, 15) is 9.59 Å². The van der Waals surface area contributed by atoms with Crippen LogP contribution in [0.5, 0.6) is 0 Å². The fourth-order valence-corrected chi connectivity index (χ4v) is 0.515. The Kier molecular flexibility index (Phi) is 11.7. The van der Waals surface area contributed by atoms with Gasteiger partial charge in [-0.3, -0.25) is 4.79 Å². The van der Waals surface area contributed by atoms with Gasteiger partial charge in [0.25, 0.3) is 0 Å². The van der Waals surface area contributed by atoms with Crippen molar-refractivity contribution in [1.82, 2.24) is 4.81 Å². The molecule has 0 N–H and O–H groups in total. The minimum atomic E-state index is -0.217. The smallest absolute Gasteiger partial charge is 0.540 e. The second kappa shape index (κ2) is 8.93. The number of rotatable bonds is 4. The molecule has 0 atom stereocenters. The summed E-state index contributed by atoms with van der Waals surface area (Å²) in [4.78, 5) is 21.4. The van der Waals surface area contributed by atoms with Crippen LogP contribution in [0.3, 0.4) is 0 Å². The maximum Gasteiger partial charge on any atom is 1.00 e. The van der Waals surface area contributed by atoms with Crippen LogP contribution < -0.4 is 51.4 Å². The van der Waals surface area contributed by atoms with Crippen molar-refractivity contribution in [3.8, 4) is 0 Å². The van der Waals surface area contributed by atoms with E-state index in [1.54, 1.807) is 0 Å². The Morgan fingerprint density at radius 3 is 2.55 bits per heavy atom. The van der Waals surface area contributed by atoms with Crippen LogP contribution in [0, 0.1) is 0 Å². The number of carbonyl (C=O) groups excluding carboxylic acids is 2. The molecule has 1 amide bonds. The number of hydrogen-bond donors (Lipinski definition) is 0. The van der Waals surface area contributed by atoms with Crippen LogP contribution in [0.1, 0.15) is 19.8 Å². The Labute approximate surface area is 111 Å². The largest absolute Gasteiger partial charge is 1.00 e. The molecular formula is C6H9BKNO2. The molecule has 0 saturated heterocycles. The Bertz CT molecular complexity index is 132. The van der Waals surface area contributed by atoms with Gasteiger partial charge in [0.2, 0.25) is 13.9 Å². The van der Waals surface area contributed by atoms with Crippen LogP contribution in [-0.2, 0) is 9.59 Å². The van der Waals surface area contributed by atoms with Crippen molar-refractivity contribution in [3.05, 3.63) is 0 Å². The molecule has 3 nitrogen and oxygen atoms in total. The van der Waals surface area contributed by atoms with Crippen LogP contribution in [0.25, 0.3) is 0 Å². The number of nitrogens with zero attached hydrogens (tertiary/aromatic N) is 1. The van der Waals surface area contributed by atoms with Crippen LogP contribution in [0.2, 0.25) is 0 Å². The fourth-order valence-electron chi connectivity index (χ4n) is 0.515. The van der Waals surface area contributed by atoms with E-state index in [1.807, 2.05) is 6.92 Å². The first-order valence-corrected chi connectivity index (χ1v) is 3.12. The number of carbonyl (C=O) groups is 1. The van der Waals surface area contributed by atoms with Gasteiger partial charge in [0.1, 0.15) is 0 Å². The van der Waals surface area contributed by atoms with E-state index in [2.05, 4.69) is 0 Å². The van der Waals surface area contributed by atoms with Gasteiger partial charge >= 0.3 is 51.4 Å². The second-order valence-electron chi connectivity index (χ2n) is 1.92. The van der Waals surface area contributed by atoms with Crippen molar-refractivity contribution in [3.63, 3.8) is 0 Å². The van der Waals surface area contributed by atoms with Gasteiger partial charge in [-0.2, -0.15) is 0 Å². The van der Waals surface area contributed by atoms with Gasteiger partial charge in [0, 0.05) is 6.42 Å². The average molecular weight is 177 g/mol. The number of amides is 1. The zero-order valence-corrected chi connectivity index (χ0v) is 10.1. The van der Waals surface area contributed by atoms with E-state index in [0.29, 0.717) is 6.42 Å². The molecule has 0 fully saturated rings. The van der Waals surface area contributed by atoms with Crippen LogP contribution >= 0.6 is 0 Å². The summed E-state index contributed by atoms with van der Waals surface area (Å²) in [6, 6.07) is 0. The SMILES string of the molecule is [B]N(C[C-]=O)C(=O)CCC.[K+]. The first-order valence-electron chi connectivity index (χ1n) is 3.12. The molecule has 0 heterocycles. The van der Waals surface area contributed by atoms with Crippen LogP contribution in [0.4, 0.5) is 0 Å². The standard InChI is InChI=1S/C6H9BNO2.K/c1-2-3-6(10)8(7)4-5-9;/h2-4H2,1H3;/q-1;+1. The molecule has 0 aliphatic heterocycles. The predicted molar refractivity (Wildman–Crippen MR) is 38.1 cm³/mol. The fraction of sp³-hybridized carbons (Fsp3) is 0.667. The molecule has 0 bridgehead atoms. The van der Waals surface area contributed by atoms with Crippen molar-refractivity contribution in [2.45, 2.75) is 19.8 Å². The minimum Gasteiger partial charge on any atom is -0.540 e. The van der Waals surface area contributed by atoms with Crippen molar-refractivity contribution < 1.29 is 61.0 Å². The van der Waals surface area contributed by atoms with Crippen molar-refractivity contribution in [1.29, 1.82) is 0 Å². The van der Waals surface area contributed by atoms with Gasteiger partial charge < -0.3 is 9.61 Å². The summed E-state index contributed by atoms with van der Waals surface area (Å²) in [6.45, 7) is 1.73. The van der Waals surface area contributed by atoms with E-state index < -0.39 is 0 Å². The van der Waals surface area contributed by atoms with E-state index in [-0.39, 0.29) is 63.8 Å². The molecule has 2 radical (unpaired) electrons. The summed E-state index contributed by atoms with van der Waals surface area (Å²) in [7, 11) is 5.14. The summed E-state index contributed by atoms with van der Waals surface area (Å²) in [5.74, 6) is -0.217. The molecule has 0 aromatic carbocycles. The molecule has 0 aliphatic rings. The normalized spacial score (nSPS) is 8.09. The molecule has 54 valence electrons. The summed E-state index contributed by atoms with van der Waals surface area (Å²) in [6.07, 6.45) is 2.67. The third-order valence-corrected chi connectivity index (χ3v) is 1.02. The Morgan fingerprint density at radius 2 is 2.18 bits per heavy atom. The minimum absolute atomic E-state index is 0. The molecular weight excluding hydrogens is 168 g/mol. The molecule has 0 spiro atoms. The van der Waals surface area contributed by atoms with Crippen LogP contribution in [-0.4, -0.2) is 31.5 Å². The van der Waals surface area contributed by atoms with Crippen molar-refractivity contribution in [2.24, 2.45) is 0 Å². The predicted octanol–water partition coefficient (Wildman–Crippen LogP) is -3.19. The van der Waals surface area contributed by atoms with Gasteiger partial charge in [-0.15, -0.1) is 0 Å². The quantitative estimate of drug-likeness (QED) is 0.335. The third-order valence-electron chi connectivity index (χ3n) is 1.02. The average Bonchev–Trinajstić information content (AvgIpc) is 1.89. The third kappa shape index (κ3) is 7.21. The molecule has 0 rings (SSSR count). The van der Waals surface area contributed by atoms with E-state index in [1.165, 1.54) is 6.29 Å². The first-order chi connectivity index (χ1) is 4.72. The van der Waals surface area contributed by atoms with Gasteiger partial charge in [-0.05, 0) is 6.42 Å². The zero-order valence-electron chi connectivity index (χ0n) is 6.96. The first kappa shape index (κ1) is 14.4. The van der Waals surface area contributed by atoms with E-state index in [0.717, 1.165) is 11.2 Å². The van der Waals surface area contributed by atoms with Gasteiger partial charge in [-0.1, -0.05) is 13.5 Å². The Balaban J connectivity index is 0. The van der Waals surface area contributed by atoms with Crippen molar-refractivity contribution in [2.75, 3.05) is 6.54 Å². The maximum atomic E-state index is 10.8. The molecule has 5 heteroatoms. The Morgan fingerprint density at radius 1 is 1.64 bits per heavy atom.